The zero-order chi connectivity index (χ0) is 13.5. The molecule has 2 aromatic rings. The lowest BCUT2D eigenvalue weighted by molar-refractivity contribution is 0.352. The van der Waals surface area contributed by atoms with E-state index in [4.69, 9.17) is 0 Å². The minimum Gasteiger partial charge on any atom is -0.355 e. The van der Waals surface area contributed by atoms with Crippen molar-refractivity contribution in [3.8, 4) is 0 Å². The number of nitrogens with one attached hydrogen (secondary N) is 2. The Kier molecular flexibility index (Phi) is 2.82. The van der Waals surface area contributed by atoms with Crippen LogP contribution in [0.4, 0.5) is 5.82 Å². The number of hydrogen-bond acceptors (Lipinski definition) is 3. The Bertz CT molecular complexity index is 660. The van der Waals surface area contributed by atoms with Gasteiger partial charge in [-0.1, -0.05) is 18.2 Å². The van der Waals surface area contributed by atoms with Crippen LogP contribution in [0.3, 0.4) is 0 Å². The molecule has 0 radical (unpaired) electrons. The molecule has 19 heavy (non-hydrogen) atoms. The quantitative estimate of drug-likeness (QED) is 0.817. The van der Waals surface area contributed by atoms with E-state index >= 15 is 0 Å². The third-order valence-electron chi connectivity index (χ3n) is 3.65. The third kappa shape index (κ3) is 2.36. The Morgan fingerprint density at radius 3 is 2.84 bits per heavy atom. The summed E-state index contributed by atoms with van der Waals surface area (Å²) in [5, 5.41) is 5.22. The second-order valence-electron chi connectivity index (χ2n) is 5.80. The second-order valence-corrected chi connectivity index (χ2v) is 5.80. The zero-order valence-corrected chi connectivity index (χ0v) is 11.4. The van der Waals surface area contributed by atoms with Gasteiger partial charge < -0.3 is 15.2 Å². The predicted molar refractivity (Wildman–Crippen MR) is 78.9 cm³/mol. The molecule has 0 unspecified atom stereocenters. The third-order valence-corrected chi connectivity index (χ3v) is 3.65. The molecule has 1 fully saturated rings. The van der Waals surface area contributed by atoms with Crippen LogP contribution in [0.1, 0.15) is 13.8 Å². The van der Waals surface area contributed by atoms with Crippen molar-refractivity contribution < 1.29 is 0 Å². The normalized spacial score (nSPS) is 18.7. The van der Waals surface area contributed by atoms with Gasteiger partial charge >= 0.3 is 0 Å². The van der Waals surface area contributed by atoms with Gasteiger partial charge in [-0.05, 0) is 31.4 Å². The van der Waals surface area contributed by atoms with Gasteiger partial charge in [-0.3, -0.25) is 4.79 Å². The standard InChI is InChI=1S/C15H19N3O/c1-15(2)10-18(8-7-16-15)13-9-11-5-3-4-6-12(11)14(19)17-13/h3-6,9,16H,7-8,10H2,1-2H3,(H,17,19). The highest BCUT2D eigenvalue weighted by Gasteiger charge is 2.26. The van der Waals surface area contributed by atoms with E-state index in [0.717, 1.165) is 36.2 Å². The summed E-state index contributed by atoms with van der Waals surface area (Å²) in [6, 6.07) is 9.78. The van der Waals surface area contributed by atoms with E-state index in [0.29, 0.717) is 0 Å². The molecule has 1 aliphatic rings. The lowest BCUT2D eigenvalue weighted by atomic mass is 10.0. The van der Waals surface area contributed by atoms with Crippen LogP contribution in [0.15, 0.2) is 35.1 Å². The minimum absolute atomic E-state index is 0.00978. The largest absolute Gasteiger partial charge is 0.355 e. The van der Waals surface area contributed by atoms with Crippen molar-refractivity contribution in [3.63, 3.8) is 0 Å². The van der Waals surface area contributed by atoms with E-state index < -0.39 is 0 Å². The molecule has 0 aliphatic carbocycles. The molecular weight excluding hydrogens is 238 g/mol. The summed E-state index contributed by atoms with van der Waals surface area (Å²) < 4.78 is 0. The van der Waals surface area contributed by atoms with E-state index in [-0.39, 0.29) is 11.1 Å². The van der Waals surface area contributed by atoms with E-state index in [1.54, 1.807) is 0 Å². The van der Waals surface area contributed by atoms with Gasteiger partial charge in [-0.25, -0.2) is 0 Å². The Morgan fingerprint density at radius 2 is 2.05 bits per heavy atom. The Morgan fingerprint density at radius 1 is 1.26 bits per heavy atom. The molecule has 1 aromatic heterocycles. The summed E-state index contributed by atoms with van der Waals surface area (Å²) in [7, 11) is 0. The van der Waals surface area contributed by atoms with Crippen molar-refractivity contribution >= 4 is 16.6 Å². The number of piperazine rings is 1. The molecule has 4 nitrogen and oxygen atoms in total. The maximum atomic E-state index is 12.1. The monoisotopic (exact) mass is 257 g/mol. The molecule has 2 heterocycles. The van der Waals surface area contributed by atoms with Gasteiger partial charge in [-0.2, -0.15) is 0 Å². The molecule has 1 aromatic carbocycles. The Labute approximate surface area is 112 Å². The summed E-state index contributed by atoms with van der Waals surface area (Å²) in [6.45, 7) is 7.09. The van der Waals surface area contributed by atoms with E-state index in [2.05, 4.69) is 35.1 Å². The average Bonchev–Trinajstić information content (AvgIpc) is 2.37. The lowest BCUT2D eigenvalue weighted by Gasteiger charge is -2.40. The highest BCUT2D eigenvalue weighted by atomic mass is 16.1. The number of benzene rings is 1. The Balaban J connectivity index is 2.03. The first-order chi connectivity index (χ1) is 9.05. The maximum absolute atomic E-state index is 12.1. The second kappa shape index (κ2) is 4.38. The molecule has 0 bridgehead atoms. The number of hydrogen-bond donors (Lipinski definition) is 2. The van der Waals surface area contributed by atoms with E-state index in [1.165, 1.54) is 0 Å². The number of rotatable bonds is 1. The molecular formula is C15H19N3O. The zero-order valence-electron chi connectivity index (χ0n) is 11.4. The van der Waals surface area contributed by atoms with Crippen LogP contribution in [0.5, 0.6) is 0 Å². The molecule has 3 rings (SSSR count). The number of aromatic nitrogens is 1. The number of fused-ring (bicyclic) bond motifs is 1. The molecule has 1 aliphatic heterocycles. The van der Waals surface area contributed by atoms with E-state index in [9.17, 15) is 4.79 Å². The van der Waals surface area contributed by atoms with Crippen molar-refractivity contribution in [2.75, 3.05) is 24.5 Å². The van der Waals surface area contributed by atoms with E-state index in [1.807, 2.05) is 24.3 Å². The van der Waals surface area contributed by atoms with Crippen molar-refractivity contribution in [1.82, 2.24) is 10.3 Å². The van der Waals surface area contributed by atoms with Gasteiger partial charge in [0.05, 0.1) is 0 Å². The summed E-state index contributed by atoms with van der Waals surface area (Å²) in [6.07, 6.45) is 0. The van der Waals surface area contributed by atoms with Gasteiger partial charge in [0, 0.05) is 30.6 Å². The number of H-pyrrole nitrogens is 1. The Hall–Kier alpha value is -1.81. The lowest BCUT2D eigenvalue weighted by Crippen LogP contribution is -2.57. The summed E-state index contributed by atoms with van der Waals surface area (Å²) in [5.74, 6) is 0.915. The van der Waals surface area contributed by atoms with Gasteiger partial charge in [-0.15, -0.1) is 0 Å². The first-order valence-corrected chi connectivity index (χ1v) is 6.67. The molecule has 2 N–H and O–H groups in total. The van der Waals surface area contributed by atoms with Crippen LogP contribution in [-0.2, 0) is 0 Å². The molecule has 4 heteroatoms. The van der Waals surface area contributed by atoms with Crippen molar-refractivity contribution in [1.29, 1.82) is 0 Å². The van der Waals surface area contributed by atoms with Gasteiger partial charge in [0.15, 0.2) is 0 Å². The van der Waals surface area contributed by atoms with Crippen LogP contribution in [-0.4, -0.2) is 30.2 Å². The van der Waals surface area contributed by atoms with Crippen molar-refractivity contribution in [3.05, 3.63) is 40.7 Å². The van der Waals surface area contributed by atoms with Crippen LogP contribution < -0.4 is 15.8 Å². The van der Waals surface area contributed by atoms with Gasteiger partial charge in [0.2, 0.25) is 0 Å². The minimum atomic E-state index is -0.00978. The SMILES string of the molecule is CC1(C)CN(c2cc3ccccc3c(=O)[nH]2)CCN1. The number of pyridine rings is 1. The fourth-order valence-electron chi connectivity index (χ4n) is 2.71. The summed E-state index contributed by atoms with van der Waals surface area (Å²) in [4.78, 5) is 17.3. The molecule has 100 valence electrons. The highest BCUT2D eigenvalue weighted by Crippen LogP contribution is 2.20. The average molecular weight is 257 g/mol. The molecule has 0 amide bonds. The highest BCUT2D eigenvalue weighted by molar-refractivity contribution is 5.83. The van der Waals surface area contributed by atoms with Crippen LogP contribution in [0, 0.1) is 0 Å². The molecule has 1 saturated heterocycles. The van der Waals surface area contributed by atoms with Gasteiger partial charge in [0.25, 0.3) is 5.56 Å². The first-order valence-electron chi connectivity index (χ1n) is 6.67. The molecule has 0 spiro atoms. The predicted octanol–water partition coefficient (Wildman–Crippen LogP) is 1.72. The van der Waals surface area contributed by atoms with Gasteiger partial charge in [0.1, 0.15) is 5.82 Å². The van der Waals surface area contributed by atoms with Crippen LogP contribution in [0.2, 0.25) is 0 Å². The smallest absolute Gasteiger partial charge is 0.257 e. The number of anilines is 1. The fraction of sp³-hybridized carbons (Fsp3) is 0.400. The van der Waals surface area contributed by atoms with Crippen molar-refractivity contribution in [2.24, 2.45) is 0 Å². The topological polar surface area (TPSA) is 48.1 Å². The number of aromatic amines is 1. The fourth-order valence-corrected chi connectivity index (χ4v) is 2.71. The van der Waals surface area contributed by atoms with Crippen molar-refractivity contribution in [2.45, 2.75) is 19.4 Å². The molecule has 0 saturated carbocycles. The van der Waals surface area contributed by atoms with Crippen LogP contribution in [0.25, 0.3) is 10.8 Å². The molecule has 0 atom stereocenters. The number of nitrogens with zero attached hydrogens (tertiary/aromatic N) is 1. The summed E-state index contributed by atoms with van der Waals surface area (Å²) in [5.41, 5.74) is 0.0604. The summed E-state index contributed by atoms with van der Waals surface area (Å²) >= 11 is 0. The van der Waals surface area contributed by atoms with Crippen LogP contribution >= 0.6 is 0 Å². The maximum Gasteiger partial charge on any atom is 0.257 e. The first kappa shape index (κ1) is 12.2.